The molecule has 0 aromatic carbocycles. The lowest BCUT2D eigenvalue weighted by molar-refractivity contribution is -0.145. The first-order valence-corrected chi connectivity index (χ1v) is 8.28. The molecule has 8 nitrogen and oxygen atoms in total. The van der Waals surface area contributed by atoms with Gasteiger partial charge in [0.25, 0.3) is 11.8 Å². The van der Waals surface area contributed by atoms with Crippen molar-refractivity contribution in [2.24, 2.45) is 5.92 Å². The largest absolute Gasteiger partial charge is 0.383 e. The predicted molar refractivity (Wildman–Crippen MR) is 81.4 cm³/mol. The van der Waals surface area contributed by atoms with Crippen LogP contribution in [0.5, 0.6) is 0 Å². The second kappa shape index (κ2) is 7.08. The molecule has 0 unspecified atom stereocenters. The topological polar surface area (TPSA) is 102 Å². The van der Waals surface area contributed by atoms with Gasteiger partial charge in [0.1, 0.15) is 12.4 Å². The number of aliphatic hydroxyl groups is 1. The average molecular weight is 321 g/mol. The number of nitrogens with zero attached hydrogens (tertiary/aromatic N) is 4. The number of piperazine rings is 1. The summed E-state index contributed by atoms with van der Waals surface area (Å²) in [5.41, 5.74) is 0. The first-order valence-electron chi connectivity index (χ1n) is 8.28. The summed E-state index contributed by atoms with van der Waals surface area (Å²) < 4.78 is 0. The second-order valence-corrected chi connectivity index (χ2v) is 6.29. The molecule has 3 rings (SSSR count). The number of carbonyl (C=O) groups is 2. The van der Waals surface area contributed by atoms with Gasteiger partial charge in [-0.25, -0.2) is 4.98 Å². The number of aromatic nitrogens is 3. The average Bonchev–Trinajstić information content (AvgIpc) is 3.15. The molecule has 0 spiro atoms. The van der Waals surface area contributed by atoms with Crippen LogP contribution in [0.25, 0.3) is 0 Å². The van der Waals surface area contributed by atoms with Crippen molar-refractivity contribution >= 4 is 11.8 Å². The molecular formula is C15H23N5O3. The van der Waals surface area contributed by atoms with Crippen LogP contribution in [0.1, 0.15) is 42.7 Å². The highest BCUT2D eigenvalue weighted by atomic mass is 16.3. The lowest BCUT2D eigenvalue weighted by Crippen LogP contribution is -2.54. The van der Waals surface area contributed by atoms with E-state index in [-0.39, 0.29) is 23.6 Å². The SMILES string of the molecule is O=C(c1ncn[nH]1)N1CCN(C(=O)[C@H](O)C2CCCCC2)CC1. The van der Waals surface area contributed by atoms with E-state index >= 15 is 0 Å². The summed E-state index contributed by atoms with van der Waals surface area (Å²) in [6, 6.07) is 0. The molecule has 8 heteroatoms. The van der Waals surface area contributed by atoms with Crippen LogP contribution in [0.15, 0.2) is 6.33 Å². The van der Waals surface area contributed by atoms with Crippen molar-refractivity contribution in [3.05, 3.63) is 12.2 Å². The van der Waals surface area contributed by atoms with Crippen LogP contribution in [0.3, 0.4) is 0 Å². The quantitative estimate of drug-likeness (QED) is 0.818. The van der Waals surface area contributed by atoms with Crippen LogP contribution in [-0.4, -0.2) is 74.2 Å². The number of aromatic amines is 1. The third kappa shape index (κ3) is 3.52. The van der Waals surface area contributed by atoms with Gasteiger partial charge in [0, 0.05) is 26.2 Å². The minimum absolute atomic E-state index is 0.0881. The third-order valence-corrected chi connectivity index (χ3v) is 4.85. The highest BCUT2D eigenvalue weighted by Crippen LogP contribution is 2.27. The lowest BCUT2D eigenvalue weighted by Gasteiger charge is -2.37. The van der Waals surface area contributed by atoms with Crippen molar-refractivity contribution in [3.63, 3.8) is 0 Å². The van der Waals surface area contributed by atoms with Gasteiger partial charge in [0.15, 0.2) is 0 Å². The number of rotatable bonds is 3. The lowest BCUT2D eigenvalue weighted by atomic mass is 9.85. The fourth-order valence-electron chi connectivity index (χ4n) is 3.43. The number of carbonyl (C=O) groups excluding carboxylic acids is 2. The fourth-order valence-corrected chi connectivity index (χ4v) is 3.43. The van der Waals surface area contributed by atoms with Gasteiger partial charge in [-0.05, 0) is 18.8 Å². The molecule has 1 aromatic heterocycles. The molecule has 0 bridgehead atoms. The normalized spacial score (nSPS) is 21.3. The second-order valence-electron chi connectivity index (χ2n) is 6.29. The van der Waals surface area contributed by atoms with E-state index in [1.54, 1.807) is 9.80 Å². The summed E-state index contributed by atoms with van der Waals surface area (Å²) in [6.45, 7) is 1.79. The standard InChI is InChI=1S/C15H23N5O3/c21-12(11-4-2-1-3-5-11)14(22)19-6-8-20(9-7-19)15(23)13-16-10-17-18-13/h10-12,21H,1-9H2,(H,16,17,18)/t12-/m1/s1. The highest BCUT2D eigenvalue weighted by Gasteiger charge is 2.33. The van der Waals surface area contributed by atoms with Crippen LogP contribution in [0.4, 0.5) is 0 Å². The van der Waals surface area contributed by atoms with Gasteiger partial charge >= 0.3 is 0 Å². The smallest absolute Gasteiger partial charge is 0.291 e. The van der Waals surface area contributed by atoms with Gasteiger partial charge in [-0.2, -0.15) is 5.10 Å². The monoisotopic (exact) mass is 321 g/mol. The van der Waals surface area contributed by atoms with E-state index in [2.05, 4.69) is 15.2 Å². The van der Waals surface area contributed by atoms with Gasteiger partial charge < -0.3 is 14.9 Å². The Morgan fingerprint density at radius 1 is 1.13 bits per heavy atom. The van der Waals surface area contributed by atoms with Gasteiger partial charge in [-0.1, -0.05) is 19.3 Å². The molecule has 2 N–H and O–H groups in total. The van der Waals surface area contributed by atoms with E-state index < -0.39 is 6.10 Å². The van der Waals surface area contributed by atoms with Crippen LogP contribution < -0.4 is 0 Å². The Morgan fingerprint density at radius 3 is 2.39 bits per heavy atom. The van der Waals surface area contributed by atoms with Crippen LogP contribution >= 0.6 is 0 Å². The summed E-state index contributed by atoms with van der Waals surface area (Å²) in [5.74, 6) is -0.0942. The molecule has 126 valence electrons. The zero-order valence-electron chi connectivity index (χ0n) is 13.1. The Kier molecular flexibility index (Phi) is 4.90. The van der Waals surface area contributed by atoms with Gasteiger partial charge in [0.2, 0.25) is 5.82 Å². The van der Waals surface area contributed by atoms with Crippen LogP contribution in [0, 0.1) is 5.92 Å². The van der Waals surface area contributed by atoms with Crippen molar-refractivity contribution in [2.75, 3.05) is 26.2 Å². The molecule has 1 aliphatic carbocycles. The van der Waals surface area contributed by atoms with Crippen molar-refractivity contribution in [3.8, 4) is 0 Å². The van der Waals surface area contributed by atoms with Crippen molar-refractivity contribution in [2.45, 2.75) is 38.2 Å². The van der Waals surface area contributed by atoms with Gasteiger partial charge in [0.05, 0.1) is 0 Å². The summed E-state index contributed by atoms with van der Waals surface area (Å²) >= 11 is 0. The van der Waals surface area contributed by atoms with E-state index in [1.807, 2.05) is 0 Å². The maximum atomic E-state index is 12.4. The van der Waals surface area contributed by atoms with Crippen LogP contribution in [0.2, 0.25) is 0 Å². The van der Waals surface area contributed by atoms with E-state index in [0.717, 1.165) is 25.7 Å². The molecule has 1 saturated heterocycles. The Bertz CT molecular complexity index is 533. The number of aliphatic hydroxyl groups excluding tert-OH is 1. The molecule has 2 aliphatic rings. The first-order chi connectivity index (χ1) is 11.2. The number of hydrogen-bond acceptors (Lipinski definition) is 5. The molecule has 0 radical (unpaired) electrons. The molecule has 1 aliphatic heterocycles. The van der Waals surface area contributed by atoms with Gasteiger partial charge in [-0.3, -0.25) is 14.7 Å². The van der Waals surface area contributed by atoms with E-state index in [4.69, 9.17) is 0 Å². The highest BCUT2D eigenvalue weighted by molar-refractivity contribution is 5.90. The number of H-pyrrole nitrogens is 1. The molecule has 23 heavy (non-hydrogen) atoms. The van der Waals surface area contributed by atoms with Crippen molar-refractivity contribution < 1.29 is 14.7 Å². The minimum Gasteiger partial charge on any atom is -0.383 e. The zero-order valence-corrected chi connectivity index (χ0v) is 13.1. The molecule has 1 aromatic rings. The van der Waals surface area contributed by atoms with E-state index in [1.165, 1.54) is 12.7 Å². The molecule has 2 heterocycles. The Hall–Kier alpha value is -1.96. The summed E-state index contributed by atoms with van der Waals surface area (Å²) in [5, 5.41) is 16.6. The number of hydrogen-bond donors (Lipinski definition) is 2. The zero-order chi connectivity index (χ0) is 16.2. The van der Waals surface area contributed by atoms with Crippen molar-refractivity contribution in [1.29, 1.82) is 0 Å². The molecule has 2 amide bonds. The Balaban J connectivity index is 1.52. The summed E-state index contributed by atoms with van der Waals surface area (Å²) in [6.07, 6.45) is 5.64. The fraction of sp³-hybridized carbons (Fsp3) is 0.733. The maximum Gasteiger partial charge on any atom is 0.291 e. The Morgan fingerprint density at radius 2 is 1.78 bits per heavy atom. The summed E-state index contributed by atoms with van der Waals surface area (Å²) in [7, 11) is 0. The molecule has 1 atom stereocenters. The first kappa shape index (κ1) is 15.9. The van der Waals surface area contributed by atoms with Crippen LogP contribution in [-0.2, 0) is 4.79 Å². The van der Waals surface area contributed by atoms with E-state index in [0.29, 0.717) is 26.2 Å². The van der Waals surface area contributed by atoms with Gasteiger partial charge in [-0.15, -0.1) is 0 Å². The molecular weight excluding hydrogens is 298 g/mol. The predicted octanol–water partition coefficient (Wildman–Crippen LogP) is 0.0303. The Labute approximate surface area is 134 Å². The summed E-state index contributed by atoms with van der Waals surface area (Å²) in [4.78, 5) is 31.8. The minimum atomic E-state index is -0.896. The molecule has 1 saturated carbocycles. The number of nitrogens with one attached hydrogen (secondary N) is 1. The van der Waals surface area contributed by atoms with Crippen molar-refractivity contribution in [1.82, 2.24) is 25.0 Å². The third-order valence-electron chi connectivity index (χ3n) is 4.85. The van der Waals surface area contributed by atoms with E-state index in [9.17, 15) is 14.7 Å². The molecule has 2 fully saturated rings. The maximum absolute atomic E-state index is 12.4. The number of amides is 2.